The second kappa shape index (κ2) is 11.5. The molecule has 1 heterocycles. The number of nitrogens with zero attached hydrogens (tertiary/aromatic N) is 3. The number of imidazole rings is 1. The smallest absolute Gasteiger partial charge is 0.246 e. The molecule has 0 bridgehead atoms. The van der Waals surface area contributed by atoms with Crippen LogP contribution in [0.25, 0.3) is 11.0 Å². The molecule has 0 unspecified atom stereocenters. The van der Waals surface area contributed by atoms with E-state index < -0.39 is 0 Å². The first-order chi connectivity index (χ1) is 17.1. The van der Waals surface area contributed by atoms with E-state index in [1.807, 2.05) is 97.3 Å². The van der Waals surface area contributed by atoms with E-state index in [0.29, 0.717) is 25.9 Å². The molecular weight excluding hydrogens is 436 g/mol. The van der Waals surface area contributed by atoms with Crippen LogP contribution < -0.4 is 10.2 Å². The predicted octanol–water partition coefficient (Wildman–Crippen LogP) is 4.69. The van der Waals surface area contributed by atoms with Crippen molar-refractivity contribution in [2.24, 2.45) is 0 Å². The Bertz CT molecular complexity index is 1300. The first kappa shape index (κ1) is 24.2. The summed E-state index contributed by atoms with van der Waals surface area (Å²) in [6.45, 7) is 5.38. The number of aryl methyl sites for hydroxylation is 2. The lowest BCUT2D eigenvalue weighted by molar-refractivity contribution is -0.120. The molecule has 35 heavy (non-hydrogen) atoms. The van der Waals surface area contributed by atoms with Crippen molar-refractivity contribution in [3.05, 3.63) is 95.8 Å². The highest BCUT2D eigenvalue weighted by Crippen LogP contribution is 2.19. The third-order valence-electron chi connectivity index (χ3n) is 6.22. The Morgan fingerprint density at radius 2 is 1.66 bits per heavy atom. The van der Waals surface area contributed by atoms with E-state index in [2.05, 4.69) is 5.32 Å². The molecule has 0 saturated carbocycles. The number of carbonyl (C=O) groups is 2. The maximum atomic E-state index is 13.3. The van der Waals surface area contributed by atoms with Crippen molar-refractivity contribution >= 4 is 28.5 Å². The van der Waals surface area contributed by atoms with E-state index in [1.165, 1.54) is 0 Å². The number of carbonyl (C=O) groups excluding carboxylic acids is 2. The molecule has 0 aliphatic rings. The van der Waals surface area contributed by atoms with Gasteiger partial charge in [-0.25, -0.2) is 4.98 Å². The van der Waals surface area contributed by atoms with Crippen LogP contribution in [0.1, 0.15) is 30.3 Å². The summed E-state index contributed by atoms with van der Waals surface area (Å²) in [6.07, 6.45) is 1.79. The summed E-state index contributed by atoms with van der Waals surface area (Å²) in [6, 6.07) is 25.6. The topological polar surface area (TPSA) is 67.2 Å². The van der Waals surface area contributed by atoms with Gasteiger partial charge in [0.15, 0.2) is 0 Å². The first-order valence-corrected chi connectivity index (χ1v) is 12.2. The maximum absolute atomic E-state index is 13.3. The fourth-order valence-corrected chi connectivity index (χ4v) is 4.34. The number of nitrogens with one attached hydrogen (secondary N) is 1. The average Bonchev–Trinajstić information content (AvgIpc) is 3.21. The molecule has 6 heteroatoms. The number of amides is 2. The number of anilines is 1. The zero-order valence-corrected chi connectivity index (χ0v) is 20.4. The number of rotatable bonds is 10. The molecule has 0 saturated heterocycles. The van der Waals surface area contributed by atoms with Gasteiger partial charge in [0.1, 0.15) is 12.4 Å². The summed E-state index contributed by atoms with van der Waals surface area (Å²) in [4.78, 5) is 32.3. The van der Waals surface area contributed by atoms with Crippen LogP contribution in [0.2, 0.25) is 0 Å². The van der Waals surface area contributed by atoms with Gasteiger partial charge in [-0.05, 0) is 55.7 Å². The van der Waals surface area contributed by atoms with Crippen LogP contribution in [0, 0.1) is 6.92 Å². The third-order valence-corrected chi connectivity index (χ3v) is 6.22. The van der Waals surface area contributed by atoms with E-state index in [0.717, 1.165) is 40.1 Å². The molecule has 0 radical (unpaired) electrons. The van der Waals surface area contributed by atoms with Crippen LogP contribution in [0.3, 0.4) is 0 Å². The Morgan fingerprint density at radius 1 is 0.943 bits per heavy atom. The molecular formula is C29H32N4O2. The summed E-state index contributed by atoms with van der Waals surface area (Å²) in [5, 5.41) is 3.02. The number of aromatic nitrogens is 2. The summed E-state index contributed by atoms with van der Waals surface area (Å²) < 4.78 is 2.01. The predicted molar refractivity (Wildman–Crippen MR) is 140 cm³/mol. The Balaban J connectivity index is 1.41. The molecule has 3 aromatic carbocycles. The second-order valence-corrected chi connectivity index (χ2v) is 8.63. The molecule has 2 amide bonds. The molecule has 4 rings (SSSR count). The largest absolute Gasteiger partial charge is 0.356 e. The standard InChI is InChI=1S/C29H32N4O2/c1-3-32(24-14-5-4-6-15-24)29(35)21-33-26-17-10-9-16-25(26)31-27(33)18-11-19-30-28(34)20-23-13-8-7-12-22(23)2/h4-10,12-17H,3,11,18-21H2,1-2H3,(H,30,34). The molecule has 4 aromatic rings. The number of para-hydroxylation sites is 3. The van der Waals surface area contributed by atoms with Gasteiger partial charge in [-0.15, -0.1) is 0 Å². The summed E-state index contributed by atoms with van der Waals surface area (Å²) in [5.74, 6) is 0.899. The zero-order chi connectivity index (χ0) is 24.6. The average molecular weight is 469 g/mol. The van der Waals surface area contributed by atoms with Crippen LogP contribution in [0.5, 0.6) is 0 Å². The fraction of sp³-hybridized carbons (Fsp3) is 0.276. The molecule has 1 N–H and O–H groups in total. The highest BCUT2D eigenvalue weighted by molar-refractivity contribution is 5.94. The molecule has 6 nitrogen and oxygen atoms in total. The molecule has 1 aromatic heterocycles. The zero-order valence-electron chi connectivity index (χ0n) is 20.4. The Morgan fingerprint density at radius 3 is 2.43 bits per heavy atom. The Kier molecular flexibility index (Phi) is 7.93. The number of likely N-dealkylation sites (N-methyl/N-ethyl adjacent to an activating group) is 1. The van der Waals surface area contributed by atoms with Crippen molar-refractivity contribution in [1.29, 1.82) is 0 Å². The van der Waals surface area contributed by atoms with Gasteiger partial charge in [-0.3, -0.25) is 9.59 Å². The van der Waals surface area contributed by atoms with Crippen molar-refractivity contribution in [1.82, 2.24) is 14.9 Å². The number of hydrogen-bond acceptors (Lipinski definition) is 3. The van der Waals surface area contributed by atoms with Gasteiger partial charge in [0.05, 0.1) is 17.5 Å². The van der Waals surface area contributed by atoms with Gasteiger partial charge in [-0.1, -0.05) is 54.6 Å². The highest BCUT2D eigenvalue weighted by atomic mass is 16.2. The lowest BCUT2D eigenvalue weighted by Crippen LogP contribution is -2.34. The normalized spacial score (nSPS) is 10.9. The molecule has 180 valence electrons. The number of hydrogen-bond donors (Lipinski definition) is 1. The van der Waals surface area contributed by atoms with E-state index in [1.54, 1.807) is 4.90 Å². The lowest BCUT2D eigenvalue weighted by Gasteiger charge is -2.22. The summed E-state index contributed by atoms with van der Waals surface area (Å²) in [7, 11) is 0. The van der Waals surface area contributed by atoms with E-state index in [4.69, 9.17) is 4.98 Å². The van der Waals surface area contributed by atoms with Gasteiger partial charge in [0.25, 0.3) is 0 Å². The molecule has 0 aliphatic heterocycles. The van der Waals surface area contributed by atoms with Crippen LogP contribution in [0.15, 0.2) is 78.9 Å². The van der Waals surface area contributed by atoms with Crippen LogP contribution in [-0.4, -0.2) is 34.5 Å². The molecule has 0 fully saturated rings. The highest BCUT2D eigenvalue weighted by Gasteiger charge is 2.18. The summed E-state index contributed by atoms with van der Waals surface area (Å²) >= 11 is 0. The van der Waals surface area contributed by atoms with Gasteiger partial charge in [-0.2, -0.15) is 0 Å². The maximum Gasteiger partial charge on any atom is 0.246 e. The van der Waals surface area contributed by atoms with E-state index in [-0.39, 0.29) is 18.4 Å². The van der Waals surface area contributed by atoms with Crippen molar-refractivity contribution < 1.29 is 9.59 Å². The van der Waals surface area contributed by atoms with E-state index >= 15 is 0 Å². The van der Waals surface area contributed by atoms with Crippen LogP contribution >= 0.6 is 0 Å². The SMILES string of the molecule is CCN(C(=O)Cn1c(CCCNC(=O)Cc2ccccc2C)nc2ccccc21)c1ccccc1. The monoisotopic (exact) mass is 468 g/mol. The molecule has 0 atom stereocenters. The van der Waals surface area contributed by atoms with Crippen LogP contribution in [0.4, 0.5) is 5.69 Å². The lowest BCUT2D eigenvalue weighted by atomic mass is 10.1. The minimum Gasteiger partial charge on any atom is -0.356 e. The van der Waals surface area contributed by atoms with Crippen molar-refractivity contribution in [3.8, 4) is 0 Å². The Hall–Kier alpha value is -3.93. The first-order valence-electron chi connectivity index (χ1n) is 12.2. The van der Waals surface area contributed by atoms with Crippen molar-refractivity contribution in [3.63, 3.8) is 0 Å². The van der Waals surface area contributed by atoms with Crippen molar-refractivity contribution in [2.45, 2.75) is 39.7 Å². The number of benzene rings is 3. The Labute approximate surface area is 206 Å². The quantitative estimate of drug-likeness (QED) is 0.344. The minimum atomic E-state index is 0.0180. The van der Waals surface area contributed by atoms with Gasteiger partial charge in [0.2, 0.25) is 11.8 Å². The van der Waals surface area contributed by atoms with Gasteiger partial charge < -0.3 is 14.8 Å². The van der Waals surface area contributed by atoms with E-state index in [9.17, 15) is 9.59 Å². The third kappa shape index (κ3) is 5.96. The van der Waals surface area contributed by atoms with Crippen LogP contribution in [-0.2, 0) is 29.0 Å². The fourth-order valence-electron chi connectivity index (χ4n) is 4.34. The molecule has 0 aliphatic carbocycles. The molecule has 0 spiro atoms. The number of fused-ring (bicyclic) bond motifs is 1. The van der Waals surface area contributed by atoms with Gasteiger partial charge in [0, 0.05) is 25.2 Å². The second-order valence-electron chi connectivity index (χ2n) is 8.63. The van der Waals surface area contributed by atoms with Crippen molar-refractivity contribution in [2.75, 3.05) is 18.0 Å². The minimum absolute atomic E-state index is 0.0180. The van der Waals surface area contributed by atoms with Gasteiger partial charge >= 0.3 is 0 Å². The summed E-state index contributed by atoms with van der Waals surface area (Å²) in [5.41, 5.74) is 4.88.